The summed E-state index contributed by atoms with van der Waals surface area (Å²) in [7, 11) is 0. The van der Waals surface area contributed by atoms with Crippen molar-refractivity contribution in [2.45, 2.75) is 51.0 Å². The fourth-order valence-corrected chi connectivity index (χ4v) is 3.68. The van der Waals surface area contributed by atoms with Gasteiger partial charge in [0.25, 0.3) is 11.5 Å². The van der Waals surface area contributed by atoms with Gasteiger partial charge in [-0.05, 0) is 31.6 Å². The topological polar surface area (TPSA) is 98.9 Å². The molecule has 1 unspecified atom stereocenters. The summed E-state index contributed by atoms with van der Waals surface area (Å²) in [6.45, 7) is 0.667. The molecule has 2 heterocycles. The largest absolute Gasteiger partial charge is 0.342 e. The van der Waals surface area contributed by atoms with E-state index in [0.29, 0.717) is 12.5 Å². The molecule has 0 radical (unpaired) electrons. The molecule has 2 fully saturated rings. The Hall–Kier alpha value is -1.92. The van der Waals surface area contributed by atoms with Crippen molar-refractivity contribution >= 4 is 5.91 Å². The Bertz CT molecular complexity index is 630. The van der Waals surface area contributed by atoms with Gasteiger partial charge in [-0.15, -0.1) is 0 Å². The molecule has 3 rings (SSSR count). The number of hydrogen-bond acceptors (Lipinski definition) is 4. The number of rotatable bonds is 2. The van der Waals surface area contributed by atoms with Gasteiger partial charge >= 0.3 is 5.69 Å². The summed E-state index contributed by atoms with van der Waals surface area (Å²) >= 11 is 0. The van der Waals surface area contributed by atoms with E-state index >= 15 is 0 Å². The molecule has 0 aromatic carbocycles. The summed E-state index contributed by atoms with van der Waals surface area (Å²) in [5, 5.41) is 5.76. The minimum Gasteiger partial charge on any atom is -0.334 e. The summed E-state index contributed by atoms with van der Waals surface area (Å²) in [5.41, 5.74) is -1.61. The highest BCUT2D eigenvalue weighted by atomic mass is 16.2. The van der Waals surface area contributed by atoms with Crippen molar-refractivity contribution in [1.82, 2.24) is 20.1 Å². The normalized spacial score (nSPS) is 23.4. The first-order chi connectivity index (χ1) is 10.2. The molecular weight excluding hydrogens is 272 g/mol. The maximum Gasteiger partial charge on any atom is 0.342 e. The van der Waals surface area contributed by atoms with Crippen molar-refractivity contribution in [3.63, 3.8) is 0 Å². The van der Waals surface area contributed by atoms with E-state index in [2.05, 4.69) is 15.2 Å². The minimum absolute atomic E-state index is 0.211. The van der Waals surface area contributed by atoms with E-state index in [0.717, 1.165) is 25.7 Å². The summed E-state index contributed by atoms with van der Waals surface area (Å²) < 4.78 is 0. The van der Waals surface area contributed by atoms with Gasteiger partial charge in [0, 0.05) is 12.6 Å². The van der Waals surface area contributed by atoms with E-state index in [-0.39, 0.29) is 17.6 Å². The van der Waals surface area contributed by atoms with Gasteiger partial charge in [-0.25, -0.2) is 9.89 Å². The number of amides is 1. The zero-order valence-corrected chi connectivity index (χ0v) is 11.9. The summed E-state index contributed by atoms with van der Waals surface area (Å²) in [6, 6.07) is 0.214. The van der Waals surface area contributed by atoms with E-state index in [1.807, 2.05) is 0 Å². The standard InChI is InChI=1S/C14H20N4O3/c19-12-11(16-17-14(21)15-12)13(20)18-8-4-7-10(18)9-5-2-1-3-6-9/h9-10H,1-8H2,(H2,15,17,19,21). The molecule has 1 aliphatic heterocycles. The maximum absolute atomic E-state index is 12.6. The van der Waals surface area contributed by atoms with Crippen LogP contribution in [0.5, 0.6) is 0 Å². The van der Waals surface area contributed by atoms with Gasteiger partial charge in [0.05, 0.1) is 0 Å². The van der Waals surface area contributed by atoms with Crippen LogP contribution in [0, 0.1) is 5.92 Å². The quantitative estimate of drug-likeness (QED) is 0.835. The highest BCUT2D eigenvalue weighted by Gasteiger charge is 2.36. The molecule has 1 aromatic heterocycles. The van der Waals surface area contributed by atoms with Gasteiger partial charge in [-0.3, -0.25) is 14.6 Å². The number of H-pyrrole nitrogens is 2. The molecule has 2 N–H and O–H groups in total. The third-order valence-electron chi connectivity index (χ3n) is 4.67. The molecule has 2 aliphatic rings. The van der Waals surface area contributed by atoms with E-state index in [4.69, 9.17) is 0 Å². The van der Waals surface area contributed by atoms with E-state index < -0.39 is 11.2 Å². The van der Waals surface area contributed by atoms with Gasteiger partial charge in [-0.1, -0.05) is 19.3 Å². The van der Waals surface area contributed by atoms with Crippen LogP contribution in [0.2, 0.25) is 0 Å². The predicted molar refractivity (Wildman–Crippen MR) is 76.1 cm³/mol. The molecule has 21 heavy (non-hydrogen) atoms. The van der Waals surface area contributed by atoms with Crippen molar-refractivity contribution in [3.8, 4) is 0 Å². The fourth-order valence-electron chi connectivity index (χ4n) is 3.68. The lowest BCUT2D eigenvalue weighted by molar-refractivity contribution is 0.0652. The van der Waals surface area contributed by atoms with Crippen molar-refractivity contribution in [2.75, 3.05) is 6.54 Å². The molecule has 0 spiro atoms. The number of carbonyl (C=O) groups excluding carboxylic acids is 1. The van der Waals surface area contributed by atoms with Crippen LogP contribution in [0.1, 0.15) is 55.4 Å². The second-order valence-corrected chi connectivity index (χ2v) is 5.96. The van der Waals surface area contributed by atoms with Crippen LogP contribution in [0.3, 0.4) is 0 Å². The third kappa shape index (κ3) is 2.77. The van der Waals surface area contributed by atoms with Gasteiger partial charge in [0.15, 0.2) is 0 Å². The van der Waals surface area contributed by atoms with Crippen molar-refractivity contribution < 1.29 is 4.79 Å². The number of nitrogens with zero attached hydrogens (tertiary/aromatic N) is 2. The second-order valence-electron chi connectivity index (χ2n) is 5.96. The van der Waals surface area contributed by atoms with Crippen LogP contribution in [0.15, 0.2) is 9.59 Å². The van der Waals surface area contributed by atoms with Gasteiger partial charge in [0.1, 0.15) is 0 Å². The molecule has 1 amide bonds. The average molecular weight is 292 g/mol. The minimum atomic E-state index is -0.710. The molecule has 7 nitrogen and oxygen atoms in total. The van der Waals surface area contributed by atoms with Crippen LogP contribution < -0.4 is 11.2 Å². The summed E-state index contributed by atoms with van der Waals surface area (Å²) in [6.07, 6.45) is 8.00. The SMILES string of the molecule is O=C(c1n[nH]c(=O)[nH]c1=O)N1CCCC1C1CCCCC1. The van der Waals surface area contributed by atoms with Gasteiger partial charge in [-0.2, -0.15) is 5.10 Å². The predicted octanol–water partition coefficient (Wildman–Crippen LogP) is 0.643. The number of carbonyl (C=O) groups is 1. The lowest BCUT2D eigenvalue weighted by atomic mass is 9.83. The molecular formula is C14H20N4O3. The molecule has 1 aromatic rings. The highest BCUT2D eigenvalue weighted by Crippen LogP contribution is 2.34. The van der Waals surface area contributed by atoms with Crippen LogP contribution in [-0.2, 0) is 0 Å². The van der Waals surface area contributed by atoms with E-state index in [1.165, 1.54) is 19.3 Å². The number of aromatic nitrogens is 3. The number of likely N-dealkylation sites (tertiary alicyclic amines) is 1. The Morgan fingerprint density at radius 2 is 1.86 bits per heavy atom. The lowest BCUT2D eigenvalue weighted by Gasteiger charge is -2.33. The number of nitrogens with one attached hydrogen (secondary N) is 2. The summed E-state index contributed by atoms with van der Waals surface area (Å²) in [4.78, 5) is 39.1. The highest BCUT2D eigenvalue weighted by molar-refractivity contribution is 5.92. The Kier molecular flexibility index (Phi) is 3.90. The van der Waals surface area contributed by atoms with Crippen molar-refractivity contribution in [1.29, 1.82) is 0 Å². The molecule has 0 bridgehead atoms. The zero-order chi connectivity index (χ0) is 14.8. The van der Waals surface area contributed by atoms with E-state index in [9.17, 15) is 14.4 Å². The Morgan fingerprint density at radius 3 is 2.57 bits per heavy atom. The van der Waals surface area contributed by atoms with Gasteiger partial charge in [0.2, 0.25) is 5.69 Å². The molecule has 1 aliphatic carbocycles. The molecule has 1 atom stereocenters. The van der Waals surface area contributed by atoms with Gasteiger partial charge < -0.3 is 4.90 Å². The first-order valence-electron chi connectivity index (χ1n) is 7.67. The molecule has 1 saturated heterocycles. The monoisotopic (exact) mass is 292 g/mol. The second kappa shape index (κ2) is 5.83. The maximum atomic E-state index is 12.6. The number of aromatic amines is 2. The van der Waals surface area contributed by atoms with Crippen LogP contribution in [-0.4, -0.2) is 38.6 Å². The Labute approximate surface area is 121 Å². The zero-order valence-electron chi connectivity index (χ0n) is 11.9. The van der Waals surface area contributed by atoms with Crippen molar-refractivity contribution in [3.05, 3.63) is 26.5 Å². The molecule has 1 saturated carbocycles. The molecule has 114 valence electrons. The van der Waals surface area contributed by atoms with Crippen LogP contribution in [0.25, 0.3) is 0 Å². The third-order valence-corrected chi connectivity index (χ3v) is 4.67. The van der Waals surface area contributed by atoms with Crippen molar-refractivity contribution in [2.24, 2.45) is 5.92 Å². The summed E-state index contributed by atoms with van der Waals surface area (Å²) in [5.74, 6) is 0.174. The van der Waals surface area contributed by atoms with Crippen LogP contribution >= 0.6 is 0 Å². The Balaban J connectivity index is 1.82. The van der Waals surface area contributed by atoms with Crippen LogP contribution in [0.4, 0.5) is 0 Å². The fraction of sp³-hybridized carbons (Fsp3) is 0.714. The average Bonchev–Trinajstić information content (AvgIpc) is 2.97. The van der Waals surface area contributed by atoms with E-state index in [1.54, 1.807) is 4.90 Å². The smallest absolute Gasteiger partial charge is 0.334 e. The molecule has 7 heteroatoms. The number of hydrogen-bond donors (Lipinski definition) is 2. The first-order valence-corrected chi connectivity index (χ1v) is 7.67. The lowest BCUT2D eigenvalue weighted by Crippen LogP contribution is -2.44. The Morgan fingerprint density at radius 1 is 1.10 bits per heavy atom. The first kappa shape index (κ1) is 14.0.